The Morgan fingerprint density at radius 2 is 1.31 bits per heavy atom. The molecule has 8 nitrogen and oxygen atoms in total. The van der Waals surface area contributed by atoms with Gasteiger partial charge in [0.1, 0.15) is 23.4 Å². The normalized spacial score (nSPS) is 21.0. The van der Waals surface area contributed by atoms with Gasteiger partial charge in [0.25, 0.3) is 0 Å². The van der Waals surface area contributed by atoms with Crippen molar-refractivity contribution >= 4 is 11.3 Å². The summed E-state index contributed by atoms with van der Waals surface area (Å²) >= 11 is 0. The van der Waals surface area contributed by atoms with Crippen molar-refractivity contribution in [2.24, 2.45) is 10.2 Å². The number of phenols is 3. The summed E-state index contributed by atoms with van der Waals surface area (Å²) in [6.45, 7) is 0. The molecule has 4 rings (SSSR count). The molecule has 6 N–H and O–H groups in total. The number of rotatable bonds is 4. The molecule has 162 valence electrons. The first kappa shape index (κ1) is 21.0. The molecule has 1 aliphatic carbocycles. The number of allylic oxidation sites excluding steroid dienone is 1. The predicted molar refractivity (Wildman–Crippen MR) is 117 cm³/mol. The molecule has 3 aromatic carbocycles. The summed E-state index contributed by atoms with van der Waals surface area (Å²) in [5.41, 5.74) is -1.37. The molecule has 0 saturated carbocycles. The van der Waals surface area contributed by atoms with Crippen molar-refractivity contribution in [1.29, 1.82) is 0 Å². The van der Waals surface area contributed by atoms with Crippen LogP contribution in [0.15, 0.2) is 101 Å². The monoisotopic (exact) mass is 432 g/mol. The Kier molecular flexibility index (Phi) is 5.29. The smallest absolute Gasteiger partial charge is 0.193 e. The van der Waals surface area contributed by atoms with Crippen LogP contribution in [0.25, 0.3) is 5.57 Å². The highest BCUT2D eigenvalue weighted by molar-refractivity contribution is 5.81. The number of nitrogens with zero attached hydrogens (tertiary/aromatic N) is 2. The average Bonchev–Trinajstić information content (AvgIpc) is 2.76. The van der Waals surface area contributed by atoms with Gasteiger partial charge in [-0.25, -0.2) is 0 Å². The predicted octanol–water partition coefficient (Wildman–Crippen LogP) is 4.57. The van der Waals surface area contributed by atoms with Crippen LogP contribution in [0.2, 0.25) is 0 Å². The minimum atomic E-state index is -1.89. The summed E-state index contributed by atoms with van der Waals surface area (Å²) in [7, 11) is 0. The maximum absolute atomic E-state index is 11.4. The molecule has 0 amide bonds. The van der Waals surface area contributed by atoms with Crippen molar-refractivity contribution in [3.8, 4) is 17.2 Å². The van der Waals surface area contributed by atoms with Crippen LogP contribution in [-0.4, -0.2) is 36.7 Å². The second-order valence-corrected chi connectivity index (χ2v) is 7.25. The van der Waals surface area contributed by atoms with Crippen LogP contribution in [0.4, 0.5) is 5.69 Å². The highest BCUT2D eigenvalue weighted by Crippen LogP contribution is 2.48. The molecular formula is C24H20N2O6. The van der Waals surface area contributed by atoms with E-state index in [-0.39, 0.29) is 22.8 Å². The lowest BCUT2D eigenvalue weighted by molar-refractivity contribution is 0.105. The number of azo groups is 1. The largest absolute Gasteiger partial charge is 0.508 e. The summed E-state index contributed by atoms with van der Waals surface area (Å²) in [5.74, 6) is -2.28. The van der Waals surface area contributed by atoms with E-state index in [2.05, 4.69) is 10.2 Å². The zero-order valence-electron chi connectivity index (χ0n) is 16.7. The van der Waals surface area contributed by atoms with Gasteiger partial charge in [-0.3, -0.25) is 0 Å². The zero-order chi connectivity index (χ0) is 22.9. The molecule has 2 atom stereocenters. The Labute approximate surface area is 183 Å². The van der Waals surface area contributed by atoms with E-state index in [1.807, 2.05) is 0 Å². The minimum Gasteiger partial charge on any atom is -0.508 e. The van der Waals surface area contributed by atoms with E-state index in [4.69, 9.17) is 0 Å². The Balaban J connectivity index is 1.98. The molecule has 0 bridgehead atoms. The molecule has 0 aromatic heterocycles. The van der Waals surface area contributed by atoms with Gasteiger partial charge in [0.05, 0.1) is 5.57 Å². The van der Waals surface area contributed by atoms with Gasteiger partial charge < -0.3 is 30.6 Å². The molecular weight excluding hydrogens is 412 g/mol. The lowest BCUT2D eigenvalue weighted by Gasteiger charge is -2.36. The molecule has 0 fully saturated rings. The van der Waals surface area contributed by atoms with Gasteiger partial charge in [-0.05, 0) is 17.2 Å². The number of hydrogen-bond acceptors (Lipinski definition) is 8. The molecule has 0 aliphatic heterocycles. The number of hydrogen-bond donors (Lipinski definition) is 6. The van der Waals surface area contributed by atoms with Crippen molar-refractivity contribution in [3.63, 3.8) is 0 Å². The maximum Gasteiger partial charge on any atom is 0.193 e. The Hall–Kier alpha value is -4.30. The van der Waals surface area contributed by atoms with Crippen LogP contribution < -0.4 is 0 Å². The number of phenolic OH excluding ortho intramolecular Hbond substituents is 3. The highest BCUT2D eigenvalue weighted by atomic mass is 16.3. The zero-order valence-corrected chi connectivity index (χ0v) is 16.7. The van der Waals surface area contributed by atoms with Gasteiger partial charge in [0, 0.05) is 12.1 Å². The summed E-state index contributed by atoms with van der Waals surface area (Å²) in [6.07, 6.45) is -0.396. The van der Waals surface area contributed by atoms with E-state index >= 15 is 0 Å². The Bertz CT molecular complexity index is 1210. The molecule has 1 aliphatic rings. The van der Waals surface area contributed by atoms with Gasteiger partial charge >= 0.3 is 0 Å². The minimum absolute atomic E-state index is 0.0536. The van der Waals surface area contributed by atoms with E-state index in [1.165, 1.54) is 0 Å². The van der Waals surface area contributed by atoms with Gasteiger partial charge in [-0.15, -0.1) is 5.11 Å². The third-order valence-electron chi connectivity index (χ3n) is 5.24. The lowest BCUT2D eigenvalue weighted by atomic mass is 9.76. The van der Waals surface area contributed by atoms with E-state index in [0.717, 1.165) is 18.2 Å². The topological polar surface area (TPSA) is 146 Å². The number of aliphatic hydroxyl groups excluding tert-OH is 3. The second kappa shape index (κ2) is 8.09. The molecule has 0 saturated heterocycles. The summed E-state index contributed by atoms with van der Waals surface area (Å²) in [4.78, 5) is 0. The van der Waals surface area contributed by atoms with Gasteiger partial charge in [0.2, 0.25) is 0 Å². The van der Waals surface area contributed by atoms with E-state index in [0.29, 0.717) is 11.1 Å². The van der Waals surface area contributed by atoms with E-state index in [9.17, 15) is 30.6 Å². The fourth-order valence-corrected chi connectivity index (χ4v) is 3.68. The molecule has 8 heteroatoms. The van der Waals surface area contributed by atoms with Crippen LogP contribution >= 0.6 is 0 Å². The number of aromatic hydroxyl groups is 3. The number of aliphatic hydroxyl groups is 3. The molecule has 0 heterocycles. The van der Waals surface area contributed by atoms with Crippen LogP contribution in [0.3, 0.4) is 0 Å². The first-order chi connectivity index (χ1) is 15.3. The van der Waals surface area contributed by atoms with E-state index in [1.54, 1.807) is 60.7 Å². The Morgan fingerprint density at radius 3 is 1.91 bits per heavy atom. The Morgan fingerprint density at radius 1 is 0.750 bits per heavy atom. The van der Waals surface area contributed by atoms with Crippen LogP contribution in [0, 0.1) is 0 Å². The molecule has 2 unspecified atom stereocenters. The van der Waals surface area contributed by atoms with Crippen molar-refractivity contribution in [1.82, 2.24) is 0 Å². The summed E-state index contributed by atoms with van der Waals surface area (Å²) < 4.78 is 0. The maximum atomic E-state index is 11.4. The fourth-order valence-electron chi connectivity index (χ4n) is 3.68. The fraction of sp³-hybridized carbons (Fsp3) is 0.0833. The molecule has 0 radical (unpaired) electrons. The standard InChI is InChI=1S/C24H20N2O6/c27-16-11-18(29)22(19(30)12-16)25-26-24(15-9-5-2-6-10-15)20(31)13-17(28)21(23(24)32)14-7-3-1-4-8-14/h1-13,20,27-32H. The highest BCUT2D eigenvalue weighted by Gasteiger charge is 2.49. The average molecular weight is 432 g/mol. The first-order valence-corrected chi connectivity index (χ1v) is 9.66. The van der Waals surface area contributed by atoms with Gasteiger partial charge in [-0.1, -0.05) is 60.7 Å². The van der Waals surface area contributed by atoms with Crippen LogP contribution in [0.5, 0.6) is 17.2 Å². The van der Waals surface area contributed by atoms with E-state index < -0.39 is 28.9 Å². The molecule has 0 spiro atoms. The van der Waals surface area contributed by atoms with Crippen molar-refractivity contribution in [2.75, 3.05) is 0 Å². The molecule has 3 aromatic rings. The first-order valence-electron chi connectivity index (χ1n) is 9.66. The van der Waals surface area contributed by atoms with Crippen LogP contribution in [-0.2, 0) is 5.54 Å². The lowest BCUT2D eigenvalue weighted by Crippen LogP contribution is -2.41. The third kappa shape index (κ3) is 3.42. The van der Waals surface area contributed by atoms with Gasteiger partial charge in [0.15, 0.2) is 22.7 Å². The summed E-state index contributed by atoms with van der Waals surface area (Å²) in [6, 6.07) is 18.9. The quantitative estimate of drug-likeness (QED) is 0.333. The van der Waals surface area contributed by atoms with Crippen molar-refractivity contribution < 1.29 is 30.6 Å². The number of benzene rings is 3. The van der Waals surface area contributed by atoms with Gasteiger partial charge in [-0.2, -0.15) is 5.11 Å². The molecule has 32 heavy (non-hydrogen) atoms. The summed E-state index contributed by atoms with van der Waals surface area (Å²) in [5, 5.41) is 70.8. The van der Waals surface area contributed by atoms with Crippen LogP contribution in [0.1, 0.15) is 11.1 Å². The van der Waals surface area contributed by atoms with Crippen molar-refractivity contribution in [3.05, 3.63) is 102 Å². The SMILES string of the molecule is OC1=CC(O)C(N=Nc2c(O)cc(O)cc2O)(c2ccccc2)C(O)=C1c1ccccc1. The second-order valence-electron chi connectivity index (χ2n) is 7.25. The van der Waals surface area contributed by atoms with Crippen molar-refractivity contribution in [2.45, 2.75) is 11.6 Å². The third-order valence-corrected chi connectivity index (χ3v) is 5.24.